The van der Waals surface area contributed by atoms with E-state index in [2.05, 4.69) is 10.3 Å². The Morgan fingerprint density at radius 1 is 1.18 bits per heavy atom. The van der Waals surface area contributed by atoms with Gasteiger partial charge in [0.2, 0.25) is 5.88 Å². The number of pyridine rings is 1. The average molecular weight is 232 g/mol. The minimum Gasteiger partial charge on any atom is -0.481 e. The number of para-hydroxylation sites is 1. The van der Waals surface area contributed by atoms with Gasteiger partial charge >= 0.3 is 0 Å². The first-order chi connectivity index (χ1) is 8.29. The van der Waals surface area contributed by atoms with Crippen molar-refractivity contribution in [2.45, 2.75) is 6.54 Å². The fourth-order valence-electron chi connectivity index (χ4n) is 1.46. The summed E-state index contributed by atoms with van der Waals surface area (Å²) >= 11 is 0. The van der Waals surface area contributed by atoms with Crippen LogP contribution in [0.25, 0.3) is 0 Å². The molecule has 0 fully saturated rings. The summed E-state index contributed by atoms with van der Waals surface area (Å²) in [6, 6.07) is 12.0. The molecule has 0 aliphatic rings. The van der Waals surface area contributed by atoms with E-state index >= 15 is 0 Å². The van der Waals surface area contributed by atoms with Crippen LogP contribution in [0.15, 0.2) is 42.5 Å². The Hall–Kier alpha value is -2.10. The average Bonchev–Trinajstić information content (AvgIpc) is 2.38. The van der Waals surface area contributed by atoms with Crippen molar-refractivity contribution in [2.75, 3.05) is 12.4 Å². The van der Waals surface area contributed by atoms with Gasteiger partial charge in [0.05, 0.1) is 25.0 Å². The number of rotatable bonds is 4. The van der Waals surface area contributed by atoms with E-state index in [9.17, 15) is 4.39 Å². The maximum Gasteiger partial charge on any atom is 0.213 e. The molecule has 3 nitrogen and oxygen atoms in total. The number of methoxy groups -OCH3 is 1. The fraction of sp³-hybridized carbons (Fsp3) is 0.154. The first kappa shape index (κ1) is 11.4. The summed E-state index contributed by atoms with van der Waals surface area (Å²) in [4.78, 5) is 4.23. The Morgan fingerprint density at radius 2 is 2.00 bits per heavy atom. The lowest BCUT2D eigenvalue weighted by atomic mass is 10.3. The summed E-state index contributed by atoms with van der Waals surface area (Å²) in [5.74, 6) is 0.285. The molecule has 88 valence electrons. The van der Waals surface area contributed by atoms with Crippen molar-refractivity contribution < 1.29 is 9.13 Å². The quantitative estimate of drug-likeness (QED) is 0.880. The van der Waals surface area contributed by atoms with Crippen LogP contribution in [-0.4, -0.2) is 12.1 Å². The predicted octanol–water partition coefficient (Wildman–Crippen LogP) is 2.84. The van der Waals surface area contributed by atoms with Gasteiger partial charge in [-0.15, -0.1) is 0 Å². The minimum absolute atomic E-state index is 0.268. The molecule has 0 unspecified atom stereocenters. The largest absolute Gasteiger partial charge is 0.481 e. The third-order valence-electron chi connectivity index (χ3n) is 2.32. The van der Waals surface area contributed by atoms with Gasteiger partial charge in [-0.05, 0) is 18.2 Å². The van der Waals surface area contributed by atoms with Gasteiger partial charge in [-0.3, -0.25) is 0 Å². The molecule has 2 aromatic rings. The molecule has 0 saturated heterocycles. The van der Waals surface area contributed by atoms with Crippen LogP contribution in [-0.2, 0) is 6.54 Å². The number of ether oxygens (including phenoxy) is 1. The molecule has 0 radical (unpaired) electrons. The van der Waals surface area contributed by atoms with Crippen molar-refractivity contribution in [3.8, 4) is 5.88 Å². The SMILES string of the molecule is COc1cccc(CNc2ccccc2F)n1. The highest BCUT2D eigenvalue weighted by Crippen LogP contribution is 2.14. The number of aromatic nitrogens is 1. The van der Waals surface area contributed by atoms with Crippen molar-refractivity contribution >= 4 is 5.69 Å². The van der Waals surface area contributed by atoms with Gasteiger partial charge in [0.15, 0.2) is 0 Å². The Bertz CT molecular complexity index is 502. The minimum atomic E-state index is -0.268. The molecule has 0 aliphatic carbocycles. The van der Waals surface area contributed by atoms with Gasteiger partial charge in [-0.2, -0.15) is 0 Å². The monoisotopic (exact) mass is 232 g/mol. The van der Waals surface area contributed by atoms with Crippen LogP contribution in [0.3, 0.4) is 0 Å². The second-order valence-electron chi connectivity index (χ2n) is 3.50. The predicted molar refractivity (Wildman–Crippen MR) is 64.5 cm³/mol. The normalized spacial score (nSPS) is 10.0. The fourth-order valence-corrected chi connectivity index (χ4v) is 1.46. The Balaban J connectivity index is 2.05. The summed E-state index contributed by atoms with van der Waals surface area (Å²) in [7, 11) is 1.57. The van der Waals surface area contributed by atoms with E-state index in [0.717, 1.165) is 5.69 Å². The molecule has 0 spiro atoms. The first-order valence-electron chi connectivity index (χ1n) is 5.28. The van der Waals surface area contributed by atoms with Crippen molar-refractivity contribution in [1.29, 1.82) is 0 Å². The number of halogens is 1. The second kappa shape index (κ2) is 5.30. The number of hydrogen-bond donors (Lipinski definition) is 1. The van der Waals surface area contributed by atoms with Crippen molar-refractivity contribution in [3.05, 3.63) is 54.0 Å². The highest BCUT2D eigenvalue weighted by atomic mass is 19.1. The summed E-state index contributed by atoms with van der Waals surface area (Å²) < 4.78 is 18.3. The van der Waals surface area contributed by atoms with Crippen LogP contribution >= 0.6 is 0 Å². The van der Waals surface area contributed by atoms with Crippen LogP contribution in [0.2, 0.25) is 0 Å². The van der Waals surface area contributed by atoms with Crippen molar-refractivity contribution in [3.63, 3.8) is 0 Å². The van der Waals surface area contributed by atoms with Crippen LogP contribution < -0.4 is 10.1 Å². The topological polar surface area (TPSA) is 34.1 Å². The second-order valence-corrected chi connectivity index (χ2v) is 3.50. The van der Waals surface area contributed by atoms with E-state index in [-0.39, 0.29) is 5.82 Å². The third-order valence-corrected chi connectivity index (χ3v) is 2.32. The number of benzene rings is 1. The van der Waals surface area contributed by atoms with Gasteiger partial charge in [-0.1, -0.05) is 18.2 Å². The zero-order valence-electron chi connectivity index (χ0n) is 9.48. The number of hydrogen-bond acceptors (Lipinski definition) is 3. The van der Waals surface area contributed by atoms with E-state index in [0.29, 0.717) is 18.1 Å². The lowest BCUT2D eigenvalue weighted by Gasteiger charge is -2.07. The number of nitrogens with one attached hydrogen (secondary N) is 1. The molecule has 0 saturated carbocycles. The molecule has 0 bridgehead atoms. The van der Waals surface area contributed by atoms with Gasteiger partial charge < -0.3 is 10.1 Å². The van der Waals surface area contributed by atoms with Gasteiger partial charge in [0.25, 0.3) is 0 Å². The third kappa shape index (κ3) is 2.93. The van der Waals surface area contributed by atoms with E-state index in [1.807, 2.05) is 12.1 Å². The smallest absolute Gasteiger partial charge is 0.213 e. The maximum atomic E-state index is 13.3. The Kier molecular flexibility index (Phi) is 3.55. The van der Waals surface area contributed by atoms with Crippen LogP contribution in [0, 0.1) is 5.82 Å². The van der Waals surface area contributed by atoms with E-state index in [4.69, 9.17) is 4.74 Å². The summed E-state index contributed by atoms with van der Waals surface area (Å²) in [6.45, 7) is 0.456. The zero-order chi connectivity index (χ0) is 12.1. The summed E-state index contributed by atoms with van der Waals surface area (Å²) in [5.41, 5.74) is 1.27. The first-order valence-corrected chi connectivity index (χ1v) is 5.28. The van der Waals surface area contributed by atoms with Crippen LogP contribution in [0.4, 0.5) is 10.1 Å². The standard InChI is InChI=1S/C13H13FN2O/c1-17-13-8-4-5-10(16-13)9-15-12-7-3-2-6-11(12)14/h2-8,15H,9H2,1H3. The number of anilines is 1. The lowest BCUT2D eigenvalue weighted by molar-refractivity contribution is 0.396. The van der Waals surface area contributed by atoms with Gasteiger partial charge in [0, 0.05) is 6.07 Å². The summed E-state index contributed by atoms with van der Waals surface area (Å²) in [6.07, 6.45) is 0. The zero-order valence-corrected chi connectivity index (χ0v) is 9.48. The van der Waals surface area contributed by atoms with Gasteiger partial charge in [0.1, 0.15) is 5.82 Å². The molecule has 1 heterocycles. The molecule has 0 aliphatic heterocycles. The van der Waals surface area contributed by atoms with Crippen molar-refractivity contribution in [1.82, 2.24) is 4.98 Å². The maximum absolute atomic E-state index is 13.3. The highest BCUT2D eigenvalue weighted by Gasteiger charge is 2.01. The number of nitrogens with zero attached hydrogens (tertiary/aromatic N) is 1. The van der Waals surface area contributed by atoms with E-state index in [1.165, 1.54) is 6.07 Å². The lowest BCUT2D eigenvalue weighted by Crippen LogP contribution is -2.03. The molecule has 1 aromatic heterocycles. The summed E-state index contributed by atoms with van der Waals surface area (Å²) in [5, 5.41) is 2.99. The van der Waals surface area contributed by atoms with Crippen LogP contribution in [0.1, 0.15) is 5.69 Å². The Labute approximate surface area is 99.3 Å². The molecule has 0 atom stereocenters. The molecular weight excluding hydrogens is 219 g/mol. The highest BCUT2D eigenvalue weighted by molar-refractivity contribution is 5.44. The van der Waals surface area contributed by atoms with E-state index in [1.54, 1.807) is 31.4 Å². The van der Waals surface area contributed by atoms with Crippen molar-refractivity contribution in [2.24, 2.45) is 0 Å². The van der Waals surface area contributed by atoms with Gasteiger partial charge in [-0.25, -0.2) is 9.37 Å². The molecule has 1 aromatic carbocycles. The molecule has 1 N–H and O–H groups in total. The molecule has 0 amide bonds. The molecular formula is C13H13FN2O. The molecule has 4 heteroatoms. The van der Waals surface area contributed by atoms with Crippen LogP contribution in [0.5, 0.6) is 5.88 Å². The molecule has 17 heavy (non-hydrogen) atoms. The van der Waals surface area contributed by atoms with E-state index < -0.39 is 0 Å². The molecule has 2 rings (SSSR count). The Morgan fingerprint density at radius 3 is 2.76 bits per heavy atom.